The van der Waals surface area contributed by atoms with Crippen molar-refractivity contribution in [3.8, 4) is 0 Å². The molecule has 1 amide bonds. The summed E-state index contributed by atoms with van der Waals surface area (Å²) in [6.45, 7) is 2.15. The van der Waals surface area contributed by atoms with Crippen LogP contribution < -0.4 is 5.32 Å². The number of nitrogens with one attached hydrogen (secondary N) is 2. The van der Waals surface area contributed by atoms with E-state index in [0.717, 1.165) is 12.1 Å². The van der Waals surface area contributed by atoms with Gasteiger partial charge in [0.15, 0.2) is 5.69 Å². The monoisotopic (exact) mass is 312 g/mol. The molecule has 1 heterocycles. The molecule has 0 saturated carbocycles. The van der Waals surface area contributed by atoms with E-state index in [1.807, 2.05) is 6.92 Å². The Balaban J connectivity index is 1.90. The Morgan fingerprint density at radius 3 is 2.82 bits per heavy atom. The van der Waals surface area contributed by atoms with Gasteiger partial charge in [-0.3, -0.25) is 4.79 Å². The van der Waals surface area contributed by atoms with Crippen LogP contribution in [0.2, 0.25) is 0 Å². The quantitative estimate of drug-likeness (QED) is 0.892. The summed E-state index contributed by atoms with van der Waals surface area (Å²) in [7, 11) is 0. The normalized spacial score (nSPS) is 12.9. The lowest BCUT2D eigenvalue weighted by Crippen LogP contribution is -2.25. The molecule has 0 aliphatic heterocycles. The molecule has 5 nitrogen and oxygen atoms in total. The number of hydrogen-bond acceptors (Lipinski definition) is 3. The Morgan fingerprint density at radius 2 is 2.18 bits per heavy atom. The highest BCUT2D eigenvalue weighted by Crippen LogP contribution is 2.31. The second-order valence-corrected chi connectivity index (χ2v) is 4.92. The summed E-state index contributed by atoms with van der Waals surface area (Å²) in [6.07, 6.45) is -2.53. The van der Waals surface area contributed by atoms with Gasteiger partial charge in [-0.2, -0.15) is 28.6 Å². The average molecular weight is 312 g/mol. The first kappa shape index (κ1) is 16.0. The largest absolute Gasteiger partial charge is 0.416 e. The minimum absolute atomic E-state index is 0.111. The number of aromatic amines is 1. The van der Waals surface area contributed by atoms with Gasteiger partial charge in [0.1, 0.15) is 0 Å². The molecule has 2 N–H and O–H groups in total. The van der Waals surface area contributed by atoms with E-state index < -0.39 is 11.7 Å². The highest BCUT2D eigenvalue weighted by molar-refractivity contribution is 5.91. The van der Waals surface area contributed by atoms with E-state index in [1.54, 1.807) is 6.07 Å². The lowest BCUT2D eigenvalue weighted by molar-refractivity contribution is -0.137. The molecule has 0 spiro atoms. The Hall–Kier alpha value is -2.38. The molecular weight excluding hydrogens is 297 g/mol. The van der Waals surface area contributed by atoms with E-state index in [1.165, 1.54) is 12.3 Å². The molecule has 118 valence electrons. The lowest BCUT2D eigenvalue weighted by Gasteiger charge is -2.14. The molecular formula is C14H15F3N4O. The summed E-state index contributed by atoms with van der Waals surface area (Å²) in [5, 5.41) is 12.1. The number of hydrogen-bond donors (Lipinski definition) is 2. The number of nitrogens with zero attached hydrogens (tertiary/aromatic N) is 2. The van der Waals surface area contributed by atoms with Crippen molar-refractivity contribution in [1.29, 1.82) is 0 Å². The van der Waals surface area contributed by atoms with Crippen molar-refractivity contribution in [1.82, 2.24) is 20.7 Å². The molecule has 1 unspecified atom stereocenters. The van der Waals surface area contributed by atoms with Crippen LogP contribution in [0.1, 0.15) is 40.9 Å². The molecule has 22 heavy (non-hydrogen) atoms. The predicted molar refractivity (Wildman–Crippen MR) is 73.2 cm³/mol. The number of rotatable bonds is 5. The summed E-state index contributed by atoms with van der Waals surface area (Å²) >= 11 is 0. The third kappa shape index (κ3) is 4.06. The Labute approximate surface area is 124 Å². The topological polar surface area (TPSA) is 70.7 Å². The van der Waals surface area contributed by atoms with Crippen molar-refractivity contribution in [2.24, 2.45) is 0 Å². The Morgan fingerprint density at radius 1 is 1.41 bits per heavy atom. The minimum Gasteiger partial charge on any atom is -0.351 e. The minimum atomic E-state index is -4.35. The number of halogens is 3. The van der Waals surface area contributed by atoms with Gasteiger partial charge < -0.3 is 5.32 Å². The summed E-state index contributed by atoms with van der Waals surface area (Å²) in [6, 6.07) is 5.23. The molecule has 0 bridgehead atoms. The third-order valence-corrected chi connectivity index (χ3v) is 3.29. The van der Waals surface area contributed by atoms with Crippen LogP contribution in [-0.4, -0.2) is 27.9 Å². The van der Waals surface area contributed by atoms with Gasteiger partial charge in [-0.15, -0.1) is 0 Å². The van der Waals surface area contributed by atoms with Crippen molar-refractivity contribution in [2.45, 2.75) is 25.4 Å². The second kappa shape index (κ2) is 6.59. The van der Waals surface area contributed by atoms with Gasteiger partial charge in [-0.05, 0) is 24.0 Å². The smallest absolute Gasteiger partial charge is 0.351 e. The zero-order chi connectivity index (χ0) is 16.2. The van der Waals surface area contributed by atoms with Crippen molar-refractivity contribution < 1.29 is 18.0 Å². The van der Waals surface area contributed by atoms with Crippen LogP contribution in [0.3, 0.4) is 0 Å². The fourth-order valence-electron chi connectivity index (χ4n) is 1.99. The molecule has 0 saturated heterocycles. The van der Waals surface area contributed by atoms with Crippen molar-refractivity contribution in [3.63, 3.8) is 0 Å². The van der Waals surface area contributed by atoms with E-state index in [0.29, 0.717) is 18.5 Å². The molecule has 1 atom stereocenters. The van der Waals surface area contributed by atoms with Crippen molar-refractivity contribution >= 4 is 5.91 Å². The average Bonchev–Trinajstić information content (AvgIpc) is 3.00. The van der Waals surface area contributed by atoms with Gasteiger partial charge in [-0.1, -0.05) is 25.1 Å². The van der Waals surface area contributed by atoms with Crippen LogP contribution in [-0.2, 0) is 6.18 Å². The van der Waals surface area contributed by atoms with Crippen molar-refractivity contribution in [3.05, 3.63) is 47.3 Å². The van der Waals surface area contributed by atoms with E-state index >= 15 is 0 Å². The highest BCUT2D eigenvalue weighted by Gasteiger charge is 2.30. The molecule has 0 aliphatic rings. The summed E-state index contributed by atoms with van der Waals surface area (Å²) < 4.78 is 38.0. The molecule has 8 heteroatoms. The fraction of sp³-hybridized carbons (Fsp3) is 0.357. The first-order chi connectivity index (χ1) is 10.4. The number of aromatic nitrogens is 3. The van der Waals surface area contributed by atoms with Crippen LogP contribution >= 0.6 is 0 Å². The van der Waals surface area contributed by atoms with Gasteiger partial charge in [0.05, 0.1) is 11.8 Å². The number of carbonyl (C=O) groups is 1. The zero-order valence-corrected chi connectivity index (χ0v) is 11.8. The van der Waals surface area contributed by atoms with Crippen LogP contribution in [0, 0.1) is 0 Å². The highest BCUT2D eigenvalue weighted by atomic mass is 19.4. The van der Waals surface area contributed by atoms with Crippen LogP contribution in [0.25, 0.3) is 0 Å². The van der Waals surface area contributed by atoms with Gasteiger partial charge >= 0.3 is 6.18 Å². The second-order valence-electron chi connectivity index (χ2n) is 4.92. The first-order valence-electron chi connectivity index (χ1n) is 6.69. The SMILES string of the molecule is CC(CCNC(=O)c1cn[nH]n1)c1cccc(C(F)(F)F)c1. The zero-order valence-electron chi connectivity index (χ0n) is 11.8. The maximum atomic E-state index is 12.7. The lowest BCUT2D eigenvalue weighted by atomic mass is 9.96. The molecule has 1 aromatic heterocycles. The Kier molecular flexibility index (Phi) is 4.79. The number of H-pyrrole nitrogens is 1. The van der Waals surface area contributed by atoms with Crippen LogP contribution in [0.15, 0.2) is 30.5 Å². The number of benzene rings is 1. The van der Waals surface area contributed by atoms with Crippen molar-refractivity contribution in [2.75, 3.05) is 6.54 Å². The summed E-state index contributed by atoms with van der Waals surface area (Å²) in [4.78, 5) is 11.6. The first-order valence-corrected chi connectivity index (χ1v) is 6.69. The van der Waals surface area contributed by atoms with E-state index in [4.69, 9.17) is 0 Å². The Bertz CT molecular complexity index is 625. The fourth-order valence-corrected chi connectivity index (χ4v) is 1.99. The third-order valence-electron chi connectivity index (χ3n) is 3.29. The van der Waals surface area contributed by atoms with Gasteiger partial charge in [0, 0.05) is 6.54 Å². The van der Waals surface area contributed by atoms with E-state index in [9.17, 15) is 18.0 Å². The van der Waals surface area contributed by atoms with E-state index in [2.05, 4.69) is 20.7 Å². The van der Waals surface area contributed by atoms with Gasteiger partial charge in [0.2, 0.25) is 0 Å². The van der Waals surface area contributed by atoms with Crippen LogP contribution in [0.4, 0.5) is 13.2 Å². The maximum Gasteiger partial charge on any atom is 0.416 e. The van der Waals surface area contributed by atoms with Crippen LogP contribution in [0.5, 0.6) is 0 Å². The molecule has 2 aromatic rings. The van der Waals surface area contributed by atoms with Gasteiger partial charge in [0.25, 0.3) is 5.91 Å². The molecule has 2 rings (SSSR count). The molecule has 0 fully saturated rings. The number of amides is 1. The predicted octanol–water partition coefficient (Wildman–Crippen LogP) is 2.75. The maximum absolute atomic E-state index is 12.7. The summed E-state index contributed by atoms with van der Waals surface area (Å²) in [5.74, 6) is -0.482. The number of alkyl halides is 3. The molecule has 1 aromatic carbocycles. The molecule has 0 aliphatic carbocycles. The molecule has 0 radical (unpaired) electrons. The summed E-state index contributed by atoms with van der Waals surface area (Å²) in [5.41, 5.74) is 0.0979. The standard InChI is InChI=1S/C14H15F3N4O/c1-9(5-6-18-13(22)12-8-19-21-20-12)10-3-2-4-11(7-10)14(15,16)17/h2-4,7-9H,5-6H2,1H3,(H,18,22)(H,19,20,21). The van der Waals surface area contributed by atoms with E-state index in [-0.39, 0.29) is 17.5 Å². The number of carbonyl (C=O) groups excluding carboxylic acids is 1. The van der Waals surface area contributed by atoms with Gasteiger partial charge in [-0.25, -0.2) is 0 Å².